The Labute approximate surface area is 183 Å². The number of pyridine rings is 1. The molecule has 3 aliphatic carbocycles. The van der Waals surface area contributed by atoms with Crippen molar-refractivity contribution in [3.63, 3.8) is 0 Å². The van der Waals surface area contributed by atoms with Crippen molar-refractivity contribution in [2.45, 2.75) is 37.5 Å². The number of aliphatic hydroxyl groups is 1. The van der Waals surface area contributed by atoms with E-state index in [1.165, 1.54) is 0 Å². The van der Waals surface area contributed by atoms with Gasteiger partial charge in [0.25, 0.3) is 11.8 Å². The second-order valence-corrected chi connectivity index (χ2v) is 8.63. The molecule has 1 atom stereocenters. The van der Waals surface area contributed by atoms with Crippen LogP contribution in [0.5, 0.6) is 5.75 Å². The fraction of sp³-hybridized carbons (Fsp3) is 0.381. The maximum absolute atomic E-state index is 12.6. The van der Waals surface area contributed by atoms with Crippen molar-refractivity contribution in [2.24, 2.45) is 5.92 Å². The van der Waals surface area contributed by atoms with Crippen LogP contribution in [0.2, 0.25) is 10.0 Å². The molecule has 0 aliphatic heterocycles. The van der Waals surface area contributed by atoms with Crippen molar-refractivity contribution in [3.8, 4) is 5.75 Å². The van der Waals surface area contributed by atoms with Crippen molar-refractivity contribution in [2.75, 3.05) is 6.61 Å². The minimum atomic E-state index is -0.318. The number of halogens is 2. The van der Waals surface area contributed by atoms with Crippen molar-refractivity contribution in [1.29, 1.82) is 0 Å². The summed E-state index contributed by atoms with van der Waals surface area (Å²) in [5.74, 6) is 0.309. The van der Waals surface area contributed by atoms with Gasteiger partial charge in [-0.3, -0.25) is 9.59 Å². The summed E-state index contributed by atoms with van der Waals surface area (Å²) in [5, 5.41) is 16.0. The number of aliphatic hydroxyl groups excluding tert-OH is 1. The smallest absolute Gasteiger partial charge is 0.270 e. The largest absolute Gasteiger partial charge is 0.484 e. The number of aromatic nitrogens is 1. The molecule has 7 nitrogen and oxygen atoms in total. The summed E-state index contributed by atoms with van der Waals surface area (Å²) in [4.78, 5) is 29.0. The predicted molar refractivity (Wildman–Crippen MR) is 112 cm³/mol. The number of ether oxygens (including phenoxy) is 1. The third kappa shape index (κ3) is 4.38. The minimum Gasteiger partial charge on any atom is -0.484 e. The summed E-state index contributed by atoms with van der Waals surface area (Å²) >= 11 is 11.8. The Bertz CT molecular complexity index is 978. The number of rotatable bonds is 7. The Balaban J connectivity index is 1.28. The van der Waals surface area contributed by atoms with Gasteiger partial charge in [-0.15, -0.1) is 0 Å². The lowest BCUT2D eigenvalue weighted by Gasteiger charge is -2.39. The standard InChI is InChI=1S/C21H21Cl2N3O4/c22-15-5-4-14(6-16(15)23)30-11-19(28)25-18-9-21(7-12(18)8-21)26-20(29)17-3-1-2-13(10-27)24-17/h1-6,12,18,27H,7-11H2,(H,25,28)(H,26,29)/t12?,18-,21?/m0/s1. The van der Waals surface area contributed by atoms with Gasteiger partial charge < -0.3 is 20.5 Å². The average molecular weight is 450 g/mol. The van der Waals surface area contributed by atoms with E-state index in [0.717, 1.165) is 12.8 Å². The van der Waals surface area contributed by atoms with Crippen LogP contribution in [0, 0.1) is 5.92 Å². The number of carbonyl (C=O) groups is 2. The summed E-state index contributed by atoms with van der Waals surface area (Å²) in [5.41, 5.74) is 0.410. The van der Waals surface area contributed by atoms with E-state index in [4.69, 9.17) is 27.9 Å². The number of benzene rings is 1. The first-order valence-corrected chi connectivity index (χ1v) is 10.4. The van der Waals surface area contributed by atoms with Crippen LogP contribution in [-0.2, 0) is 11.4 Å². The van der Waals surface area contributed by atoms with E-state index in [-0.39, 0.29) is 42.3 Å². The molecule has 1 heterocycles. The van der Waals surface area contributed by atoms with Crippen molar-refractivity contribution >= 4 is 35.0 Å². The highest BCUT2D eigenvalue weighted by atomic mass is 35.5. The van der Waals surface area contributed by atoms with Gasteiger partial charge in [0.05, 0.1) is 22.3 Å². The average Bonchev–Trinajstić information content (AvgIpc) is 3.22. The van der Waals surface area contributed by atoms with Gasteiger partial charge in [-0.05, 0) is 49.4 Å². The Hall–Kier alpha value is -2.35. The molecule has 3 fully saturated rings. The molecular weight excluding hydrogens is 429 g/mol. The number of amides is 2. The zero-order chi connectivity index (χ0) is 21.3. The lowest BCUT2D eigenvalue weighted by atomic mass is 9.76. The monoisotopic (exact) mass is 449 g/mol. The molecule has 1 aromatic carbocycles. The normalized spacial score (nSPS) is 24.1. The molecule has 30 heavy (non-hydrogen) atoms. The molecular formula is C21H21Cl2N3O4. The molecule has 2 aromatic rings. The van der Waals surface area contributed by atoms with Crippen LogP contribution < -0.4 is 15.4 Å². The molecule has 1 aromatic heterocycles. The van der Waals surface area contributed by atoms with Gasteiger partial charge in [-0.2, -0.15) is 0 Å². The molecule has 5 rings (SSSR count). The lowest BCUT2D eigenvalue weighted by molar-refractivity contribution is -0.124. The van der Waals surface area contributed by atoms with Crippen LogP contribution in [0.25, 0.3) is 0 Å². The zero-order valence-corrected chi connectivity index (χ0v) is 17.5. The van der Waals surface area contributed by atoms with Gasteiger partial charge in [0, 0.05) is 17.6 Å². The van der Waals surface area contributed by atoms with E-state index in [0.29, 0.717) is 33.8 Å². The van der Waals surface area contributed by atoms with Crippen molar-refractivity contribution < 1.29 is 19.4 Å². The third-order valence-electron chi connectivity index (χ3n) is 5.67. The topological polar surface area (TPSA) is 101 Å². The fourth-order valence-corrected chi connectivity index (χ4v) is 4.56. The lowest BCUT2D eigenvalue weighted by Crippen LogP contribution is -2.52. The van der Waals surface area contributed by atoms with E-state index < -0.39 is 0 Å². The van der Waals surface area contributed by atoms with Crippen LogP contribution in [0.4, 0.5) is 0 Å². The first kappa shape index (κ1) is 20.9. The minimum absolute atomic E-state index is 0.00746. The highest BCUT2D eigenvalue weighted by Crippen LogP contribution is 2.52. The summed E-state index contributed by atoms with van der Waals surface area (Å²) in [6, 6.07) is 9.80. The first-order chi connectivity index (χ1) is 14.4. The number of nitrogens with one attached hydrogen (secondary N) is 2. The molecule has 0 unspecified atom stereocenters. The van der Waals surface area contributed by atoms with Crippen molar-refractivity contribution in [1.82, 2.24) is 15.6 Å². The van der Waals surface area contributed by atoms with Crippen LogP contribution in [-0.4, -0.2) is 40.1 Å². The molecule has 2 bridgehead atoms. The fourth-order valence-electron chi connectivity index (χ4n) is 4.27. The molecule has 0 saturated heterocycles. The number of hydrogen-bond acceptors (Lipinski definition) is 5. The highest BCUT2D eigenvalue weighted by molar-refractivity contribution is 6.42. The Kier molecular flexibility index (Phi) is 5.86. The zero-order valence-electron chi connectivity index (χ0n) is 16.0. The molecule has 0 radical (unpaired) electrons. The quantitative estimate of drug-likeness (QED) is 0.603. The van der Waals surface area contributed by atoms with Gasteiger partial charge in [0.2, 0.25) is 0 Å². The number of hydrogen-bond donors (Lipinski definition) is 3. The van der Waals surface area contributed by atoms with Crippen LogP contribution >= 0.6 is 23.2 Å². The van der Waals surface area contributed by atoms with E-state index in [1.54, 1.807) is 36.4 Å². The van der Waals surface area contributed by atoms with Gasteiger partial charge in [0.1, 0.15) is 11.4 Å². The van der Waals surface area contributed by atoms with Gasteiger partial charge in [-0.25, -0.2) is 4.98 Å². The van der Waals surface area contributed by atoms with Gasteiger partial charge in [0.15, 0.2) is 6.61 Å². The number of nitrogens with zero attached hydrogens (tertiary/aromatic N) is 1. The van der Waals surface area contributed by atoms with Gasteiger partial charge in [-0.1, -0.05) is 29.3 Å². The number of fused-ring (bicyclic) bond motifs is 1. The predicted octanol–water partition coefficient (Wildman–Crippen LogP) is 2.73. The van der Waals surface area contributed by atoms with Crippen molar-refractivity contribution in [3.05, 3.63) is 57.8 Å². The van der Waals surface area contributed by atoms with Crippen LogP contribution in [0.15, 0.2) is 36.4 Å². The van der Waals surface area contributed by atoms with E-state index in [9.17, 15) is 14.7 Å². The number of carbonyl (C=O) groups excluding carboxylic acids is 2. The van der Waals surface area contributed by atoms with Gasteiger partial charge >= 0.3 is 0 Å². The summed E-state index contributed by atoms with van der Waals surface area (Å²) < 4.78 is 5.48. The molecule has 2 amide bonds. The second kappa shape index (κ2) is 8.41. The van der Waals surface area contributed by atoms with Crippen LogP contribution in [0.3, 0.4) is 0 Å². The molecule has 3 N–H and O–H groups in total. The SMILES string of the molecule is O=C(COc1ccc(Cl)c(Cl)c1)N[C@H]1CC2(NC(=O)c3cccc(CO)n3)CC1C2. The maximum atomic E-state index is 12.6. The summed E-state index contributed by atoms with van der Waals surface area (Å²) in [7, 11) is 0. The third-order valence-corrected chi connectivity index (χ3v) is 6.41. The van der Waals surface area contributed by atoms with E-state index >= 15 is 0 Å². The molecule has 3 aliphatic rings. The molecule has 9 heteroatoms. The highest BCUT2D eigenvalue weighted by Gasteiger charge is 2.57. The molecule has 0 spiro atoms. The van der Waals surface area contributed by atoms with E-state index in [2.05, 4.69) is 15.6 Å². The van der Waals surface area contributed by atoms with E-state index in [1.807, 2.05) is 0 Å². The second-order valence-electron chi connectivity index (χ2n) is 7.82. The summed E-state index contributed by atoms with van der Waals surface area (Å²) in [6.45, 7) is -0.342. The molecule has 3 saturated carbocycles. The maximum Gasteiger partial charge on any atom is 0.270 e. The Morgan fingerprint density at radius 3 is 2.70 bits per heavy atom. The van der Waals surface area contributed by atoms with Crippen LogP contribution in [0.1, 0.15) is 35.4 Å². The summed E-state index contributed by atoms with van der Waals surface area (Å²) in [6.07, 6.45) is 2.30. The Morgan fingerprint density at radius 2 is 1.97 bits per heavy atom. The first-order valence-electron chi connectivity index (χ1n) is 9.64. The molecule has 158 valence electrons. The Morgan fingerprint density at radius 1 is 1.17 bits per heavy atom.